The fraction of sp³-hybridized carbons (Fsp3) is 0.125. The molecule has 0 aliphatic carbocycles. The first-order valence-corrected chi connectivity index (χ1v) is 4.46. The molecule has 0 radical (unpaired) electrons. The Morgan fingerprint density at radius 1 is 1.54 bits per heavy atom. The number of fused-ring (bicyclic) bond motifs is 1. The van der Waals surface area contributed by atoms with Crippen molar-refractivity contribution in [1.29, 1.82) is 0 Å². The van der Waals surface area contributed by atoms with Crippen molar-refractivity contribution in [3.05, 3.63) is 27.7 Å². The van der Waals surface area contributed by atoms with E-state index in [9.17, 15) is 4.91 Å². The van der Waals surface area contributed by atoms with E-state index in [1.165, 1.54) is 0 Å². The minimum absolute atomic E-state index is 0.403. The maximum Gasteiger partial charge on any atom is 0.122 e. The van der Waals surface area contributed by atoms with Crippen molar-refractivity contribution in [3.8, 4) is 0 Å². The van der Waals surface area contributed by atoms with Crippen LogP contribution < -0.4 is 0 Å². The van der Waals surface area contributed by atoms with E-state index in [1.54, 1.807) is 16.9 Å². The number of nitrogens with zero attached hydrogens (tertiary/aromatic N) is 3. The topological polar surface area (TPSA) is 47.2 Å². The van der Waals surface area contributed by atoms with Gasteiger partial charge in [0.25, 0.3) is 0 Å². The smallest absolute Gasteiger partial charge is 0.122 e. The summed E-state index contributed by atoms with van der Waals surface area (Å²) < 4.78 is 2.44. The molecular weight excluding hydrogens is 234 g/mol. The third-order valence-corrected chi connectivity index (χ3v) is 2.55. The Bertz CT molecular complexity index is 477. The fourth-order valence-corrected chi connectivity index (χ4v) is 1.64. The molecule has 0 aliphatic heterocycles. The van der Waals surface area contributed by atoms with Crippen LogP contribution in [0.3, 0.4) is 0 Å². The lowest BCUT2D eigenvalue weighted by molar-refractivity contribution is 0.797. The van der Waals surface area contributed by atoms with Gasteiger partial charge < -0.3 is 0 Å². The Labute approximate surface area is 82.6 Å². The van der Waals surface area contributed by atoms with Crippen LogP contribution in [0, 0.1) is 4.91 Å². The number of hydrogen-bond acceptors (Lipinski definition) is 3. The number of benzene rings is 1. The number of hydrogen-bond donors (Lipinski definition) is 0. The average Bonchev–Trinajstić information content (AvgIpc) is 2.47. The quantitative estimate of drug-likeness (QED) is 0.719. The Kier molecular flexibility index (Phi) is 1.88. The van der Waals surface area contributed by atoms with Crippen LogP contribution in [0.4, 0.5) is 5.69 Å². The van der Waals surface area contributed by atoms with Gasteiger partial charge in [-0.05, 0) is 33.2 Å². The van der Waals surface area contributed by atoms with Crippen LogP contribution in [0.1, 0.15) is 0 Å². The van der Waals surface area contributed by atoms with Gasteiger partial charge in [-0.1, -0.05) is 0 Å². The largest absolute Gasteiger partial charge is 0.268 e. The molecule has 2 aromatic rings. The number of rotatable bonds is 1. The van der Waals surface area contributed by atoms with Crippen LogP contribution in [-0.2, 0) is 7.05 Å². The van der Waals surface area contributed by atoms with Crippen molar-refractivity contribution in [3.63, 3.8) is 0 Å². The molecule has 1 aromatic carbocycles. The SMILES string of the molecule is Cn1ncc2cc(N=O)c(Br)cc21. The van der Waals surface area contributed by atoms with E-state index in [-0.39, 0.29) is 0 Å². The summed E-state index contributed by atoms with van der Waals surface area (Å²) in [6.45, 7) is 0. The zero-order valence-electron chi connectivity index (χ0n) is 6.86. The van der Waals surface area contributed by atoms with Crippen LogP contribution in [0.5, 0.6) is 0 Å². The maximum absolute atomic E-state index is 10.4. The molecule has 0 fully saturated rings. The maximum atomic E-state index is 10.4. The lowest BCUT2D eigenvalue weighted by Crippen LogP contribution is -1.88. The predicted octanol–water partition coefficient (Wildman–Crippen LogP) is 2.73. The Balaban J connectivity index is 2.83. The summed E-state index contributed by atoms with van der Waals surface area (Å²) in [6, 6.07) is 3.54. The molecule has 0 saturated carbocycles. The van der Waals surface area contributed by atoms with E-state index >= 15 is 0 Å². The Hall–Kier alpha value is -1.23. The van der Waals surface area contributed by atoms with E-state index in [4.69, 9.17) is 0 Å². The fourth-order valence-electron chi connectivity index (χ4n) is 1.23. The van der Waals surface area contributed by atoms with Crippen molar-refractivity contribution in [2.75, 3.05) is 0 Å². The Morgan fingerprint density at radius 2 is 2.31 bits per heavy atom. The minimum Gasteiger partial charge on any atom is -0.268 e. The lowest BCUT2D eigenvalue weighted by atomic mass is 10.2. The molecule has 0 unspecified atom stereocenters. The molecule has 66 valence electrons. The van der Waals surface area contributed by atoms with Gasteiger partial charge in [0.05, 0.1) is 11.7 Å². The first kappa shape index (κ1) is 8.37. The molecule has 0 aliphatic rings. The van der Waals surface area contributed by atoms with Gasteiger partial charge in [0.2, 0.25) is 0 Å². The van der Waals surface area contributed by atoms with Crippen molar-refractivity contribution in [2.24, 2.45) is 12.2 Å². The molecule has 1 aromatic heterocycles. The highest BCUT2D eigenvalue weighted by Gasteiger charge is 2.05. The van der Waals surface area contributed by atoms with Gasteiger partial charge in [0.1, 0.15) is 5.69 Å². The molecule has 5 heteroatoms. The summed E-state index contributed by atoms with van der Waals surface area (Å²) in [5.41, 5.74) is 1.37. The molecule has 0 bridgehead atoms. The normalized spacial score (nSPS) is 10.6. The highest BCUT2D eigenvalue weighted by atomic mass is 79.9. The zero-order chi connectivity index (χ0) is 9.42. The van der Waals surface area contributed by atoms with Gasteiger partial charge in [0.15, 0.2) is 0 Å². The first-order chi connectivity index (χ1) is 6.22. The summed E-state index contributed by atoms with van der Waals surface area (Å²) in [7, 11) is 1.85. The van der Waals surface area contributed by atoms with Gasteiger partial charge in [-0.2, -0.15) is 5.10 Å². The summed E-state index contributed by atoms with van der Waals surface area (Å²) in [6.07, 6.45) is 1.70. The number of halogens is 1. The van der Waals surface area contributed by atoms with Crippen molar-refractivity contribution >= 4 is 32.5 Å². The van der Waals surface area contributed by atoms with Gasteiger partial charge in [-0.25, -0.2) is 0 Å². The molecule has 0 saturated heterocycles. The third kappa shape index (κ3) is 1.25. The molecule has 0 amide bonds. The third-order valence-electron chi connectivity index (χ3n) is 1.91. The molecule has 4 nitrogen and oxygen atoms in total. The van der Waals surface area contributed by atoms with E-state index in [2.05, 4.69) is 26.2 Å². The van der Waals surface area contributed by atoms with Crippen molar-refractivity contribution in [2.45, 2.75) is 0 Å². The molecule has 2 rings (SSSR count). The number of aryl methyl sites for hydroxylation is 1. The van der Waals surface area contributed by atoms with Gasteiger partial charge >= 0.3 is 0 Å². The van der Waals surface area contributed by atoms with Crippen LogP contribution in [-0.4, -0.2) is 9.78 Å². The molecule has 0 N–H and O–H groups in total. The van der Waals surface area contributed by atoms with Crippen LogP contribution in [0.15, 0.2) is 28.0 Å². The molecule has 1 heterocycles. The average molecular weight is 240 g/mol. The lowest BCUT2D eigenvalue weighted by Gasteiger charge is -1.96. The van der Waals surface area contributed by atoms with Crippen molar-refractivity contribution in [1.82, 2.24) is 9.78 Å². The second-order valence-electron chi connectivity index (χ2n) is 2.72. The number of nitroso groups, excluding NO2 is 1. The summed E-state index contributed by atoms with van der Waals surface area (Å²) in [5.74, 6) is 0. The molecule has 0 spiro atoms. The zero-order valence-corrected chi connectivity index (χ0v) is 8.45. The monoisotopic (exact) mass is 239 g/mol. The highest BCUT2D eigenvalue weighted by Crippen LogP contribution is 2.29. The predicted molar refractivity (Wildman–Crippen MR) is 53.9 cm³/mol. The summed E-state index contributed by atoms with van der Waals surface area (Å²) in [5, 5.41) is 7.88. The van der Waals surface area contributed by atoms with E-state index in [0.717, 1.165) is 10.9 Å². The van der Waals surface area contributed by atoms with Gasteiger partial charge in [-0.3, -0.25) is 4.68 Å². The van der Waals surface area contributed by atoms with E-state index in [1.807, 2.05) is 13.1 Å². The first-order valence-electron chi connectivity index (χ1n) is 3.67. The highest BCUT2D eigenvalue weighted by molar-refractivity contribution is 9.10. The molecule has 0 atom stereocenters. The van der Waals surface area contributed by atoms with Crippen LogP contribution in [0.2, 0.25) is 0 Å². The second-order valence-corrected chi connectivity index (χ2v) is 3.58. The van der Waals surface area contributed by atoms with Gasteiger partial charge in [0, 0.05) is 16.9 Å². The minimum atomic E-state index is 0.403. The summed E-state index contributed by atoms with van der Waals surface area (Å²) in [4.78, 5) is 10.4. The second kappa shape index (κ2) is 2.92. The van der Waals surface area contributed by atoms with Crippen molar-refractivity contribution < 1.29 is 0 Å². The Morgan fingerprint density at radius 3 is 3.00 bits per heavy atom. The summed E-state index contributed by atoms with van der Waals surface area (Å²) >= 11 is 3.26. The van der Waals surface area contributed by atoms with Crippen LogP contribution >= 0.6 is 15.9 Å². The van der Waals surface area contributed by atoms with Crippen LogP contribution in [0.25, 0.3) is 10.9 Å². The van der Waals surface area contributed by atoms with E-state index < -0.39 is 0 Å². The molecular formula is C8H6BrN3O. The van der Waals surface area contributed by atoms with E-state index in [0.29, 0.717) is 10.2 Å². The van der Waals surface area contributed by atoms with Gasteiger partial charge in [-0.15, -0.1) is 4.91 Å². The molecule has 13 heavy (non-hydrogen) atoms. The number of aromatic nitrogens is 2. The standard InChI is InChI=1S/C8H6BrN3O/c1-12-8-3-6(9)7(11-13)2-5(8)4-10-12/h2-4H,1H3.